The van der Waals surface area contributed by atoms with Gasteiger partial charge < -0.3 is 15.7 Å². The first-order valence-electron chi connectivity index (χ1n) is 7.04. The molecule has 0 spiro atoms. The average molecular weight is 272 g/mol. The highest BCUT2D eigenvalue weighted by atomic mass is 16.3. The van der Waals surface area contributed by atoms with Crippen LogP contribution in [0.2, 0.25) is 0 Å². The summed E-state index contributed by atoms with van der Waals surface area (Å²) in [6.45, 7) is 9.47. The topological polar surface area (TPSA) is 78.4 Å². The molecule has 0 aromatic rings. The Morgan fingerprint density at radius 2 is 1.68 bits per heavy atom. The Morgan fingerprint density at radius 3 is 2.11 bits per heavy atom. The third-order valence-electron chi connectivity index (χ3n) is 2.95. The van der Waals surface area contributed by atoms with Gasteiger partial charge in [0.25, 0.3) is 0 Å². The Balaban J connectivity index is 4.29. The summed E-state index contributed by atoms with van der Waals surface area (Å²) in [5.74, 6) is -0.485. The number of carbonyl (C=O) groups excluding carboxylic acids is 2. The van der Waals surface area contributed by atoms with Gasteiger partial charge in [-0.15, -0.1) is 0 Å². The lowest BCUT2D eigenvalue weighted by molar-refractivity contribution is -0.128. The molecule has 0 rings (SSSR count). The summed E-state index contributed by atoms with van der Waals surface area (Å²) in [5, 5.41) is 14.7. The number of carbonyl (C=O) groups is 2. The molecule has 0 bridgehead atoms. The van der Waals surface area contributed by atoms with Crippen molar-refractivity contribution < 1.29 is 14.7 Å². The molecule has 0 aliphatic heterocycles. The lowest BCUT2D eigenvalue weighted by atomic mass is 9.92. The maximum absolute atomic E-state index is 11.9. The zero-order chi connectivity index (χ0) is 15.0. The van der Waals surface area contributed by atoms with Gasteiger partial charge in [0.1, 0.15) is 0 Å². The summed E-state index contributed by atoms with van der Waals surface area (Å²) in [6, 6.07) is 0.112. The zero-order valence-corrected chi connectivity index (χ0v) is 12.7. The number of amides is 2. The summed E-state index contributed by atoms with van der Waals surface area (Å²) in [6.07, 6.45) is 0.690. The minimum atomic E-state index is -0.553. The van der Waals surface area contributed by atoms with Gasteiger partial charge in [-0.05, 0) is 33.6 Å². The summed E-state index contributed by atoms with van der Waals surface area (Å²) >= 11 is 0. The van der Waals surface area contributed by atoms with Crippen LogP contribution in [0.3, 0.4) is 0 Å². The van der Waals surface area contributed by atoms with Crippen molar-refractivity contribution in [3.63, 3.8) is 0 Å². The van der Waals surface area contributed by atoms with E-state index >= 15 is 0 Å². The van der Waals surface area contributed by atoms with Gasteiger partial charge in [0, 0.05) is 24.4 Å². The largest absolute Gasteiger partial charge is 0.392 e. The predicted octanol–water partition coefficient (Wildman–Crippen LogP) is 1.06. The number of hydrogen-bond donors (Lipinski definition) is 3. The number of aliphatic hydroxyl groups is 1. The fraction of sp³-hybridized carbons (Fsp3) is 0.857. The van der Waals surface area contributed by atoms with E-state index in [9.17, 15) is 9.59 Å². The van der Waals surface area contributed by atoms with E-state index in [0.717, 1.165) is 0 Å². The molecular weight excluding hydrogens is 244 g/mol. The highest BCUT2D eigenvalue weighted by Gasteiger charge is 2.23. The van der Waals surface area contributed by atoms with Crippen LogP contribution in [-0.4, -0.2) is 35.6 Å². The molecule has 0 fully saturated rings. The molecule has 0 aromatic heterocycles. The zero-order valence-electron chi connectivity index (χ0n) is 12.7. The molecule has 0 aliphatic rings. The van der Waals surface area contributed by atoms with Crippen molar-refractivity contribution >= 4 is 11.8 Å². The molecule has 112 valence electrons. The number of aliphatic hydroxyl groups excluding tert-OH is 1. The molecule has 2 amide bonds. The van der Waals surface area contributed by atoms with E-state index in [-0.39, 0.29) is 36.2 Å². The standard InChI is InChI=1S/C14H28N2O3/c1-6-12(14(19)16-9(2)3)7-10(4)13(18)15-8-11(5)17/h9-12,17H,6-8H2,1-5H3,(H,15,18)(H,16,19). The highest BCUT2D eigenvalue weighted by Crippen LogP contribution is 2.16. The van der Waals surface area contributed by atoms with Gasteiger partial charge in [0.05, 0.1) is 6.10 Å². The Kier molecular flexibility index (Phi) is 8.39. The lowest BCUT2D eigenvalue weighted by Gasteiger charge is -2.20. The van der Waals surface area contributed by atoms with Crippen LogP contribution < -0.4 is 10.6 Å². The Bertz CT molecular complexity index is 290. The highest BCUT2D eigenvalue weighted by molar-refractivity contribution is 5.81. The van der Waals surface area contributed by atoms with Crippen LogP contribution in [0.5, 0.6) is 0 Å². The Morgan fingerprint density at radius 1 is 1.11 bits per heavy atom. The van der Waals surface area contributed by atoms with Crippen molar-refractivity contribution in [1.29, 1.82) is 0 Å². The molecular formula is C14H28N2O3. The van der Waals surface area contributed by atoms with Gasteiger partial charge in [0.2, 0.25) is 11.8 Å². The lowest BCUT2D eigenvalue weighted by Crippen LogP contribution is -2.39. The van der Waals surface area contributed by atoms with Crippen LogP contribution in [0.25, 0.3) is 0 Å². The molecule has 5 nitrogen and oxygen atoms in total. The molecule has 3 atom stereocenters. The second-order valence-electron chi connectivity index (χ2n) is 5.50. The predicted molar refractivity (Wildman–Crippen MR) is 75.5 cm³/mol. The molecule has 0 aliphatic carbocycles. The molecule has 3 N–H and O–H groups in total. The van der Waals surface area contributed by atoms with Crippen molar-refractivity contribution in [2.75, 3.05) is 6.54 Å². The third kappa shape index (κ3) is 7.82. The van der Waals surface area contributed by atoms with Crippen LogP contribution in [0, 0.1) is 11.8 Å². The first kappa shape index (κ1) is 17.9. The molecule has 0 heterocycles. The molecule has 0 radical (unpaired) electrons. The SMILES string of the molecule is CCC(CC(C)C(=O)NCC(C)O)C(=O)NC(C)C. The van der Waals surface area contributed by atoms with Crippen LogP contribution in [0.1, 0.15) is 47.5 Å². The fourth-order valence-electron chi connectivity index (χ4n) is 1.82. The van der Waals surface area contributed by atoms with Gasteiger partial charge in [-0.25, -0.2) is 0 Å². The first-order valence-corrected chi connectivity index (χ1v) is 7.04. The van der Waals surface area contributed by atoms with Crippen molar-refractivity contribution in [3.8, 4) is 0 Å². The van der Waals surface area contributed by atoms with Gasteiger partial charge >= 0.3 is 0 Å². The minimum Gasteiger partial charge on any atom is -0.392 e. The van der Waals surface area contributed by atoms with Crippen molar-refractivity contribution in [1.82, 2.24) is 10.6 Å². The van der Waals surface area contributed by atoms with Crippen molar-refractivity contribution in [2.45, 2.75) is 59.6 Å². The molecule has 5 heteroatoms. The number of hydrogen-bond acceptors (Lipinski definition) is 3. The van der Waals surface area contributed by atoms with E-state index in [2.05, 4.69) is 10.6 Å². The van der Waals surface area contributed by atoms with Crippen LogP contribution >= 0.6 is 0 Å². The van der Waals surface area contributed by atoms with E-state index in [1.165, 1.54) is 0 Å². The average Bonchev–Trinajstić information content (AvgIpc) is 2.31. The molecule has 0 saturated carbocycles. The smallest absolute Gasteiger partial charge is 0.223 e. The summed E-state index contributed by atoms with van der Waals surface area (Å²) in [7, 11) is 0. The molecule has 3 unspecified atom stereocenters. The van der Waals surface area contributed by atoms with E-state index < -0.39 is 6.10 Å². The summed E-state index contributed by atoms with van der Waals surface area (Å²) in [5.41, 5.74) is 0. The second-order valence-corrected chi connectivity index (χ2v) is 5.50. The maximum atomic E-state index is 11.9. The van der Waals surface area contributed by atoms with Crippen molar-refractivity contribution in [2.24, 2.45) is 11.8 Å². The molecule has 0 saturated heterocycles. The maximum Gasteiger partial charge on any atom is 0.223 e. The van der Waals surface area contributed by atoms with E-state index in [0.29, 0.717) is 12.8 Å². The Labute approximate surface area is 116 Å². The Hall–Kier alpha value is -1.10. The van der Waals surface area contributed by atoms with Crippen LogP contribution in [0.4, 0.5) is 0 Å². The first-order chi connectivity index (χ1) is 8.77. The summed E-state index contributed by atoms with van der Waals surface area (Å²) in [4.78, 5) is 23.7. The van der Waals surface area contributed by atoms with E-state index in [1.54, 1.807) is 6.92 Å². The van der Waals surface area contributed by atoms with E-state index in [1.807, 2.05) is 27.7 Å². The van der Waals surface area contributed by atoms with Gasteiger partial charge in [0.15, 0.2) is 0 Å². The second kappa shape index (κ2) is 8.91. The third-order valence-corrected chi connectivity index (χ3v) is 2.95. The van der Waals surface area contributed by atoms with E-state index in [4.69, 9.17) is 5.11 Å². The van der Waals surface area contributed by atoms with Crippen LogP contribution in [0.15, 0.2) is 0 Å². The van der Waals surface area contributed by atoms with Crippen molar-refractivity contribution in [3.05, 3.63) is 0 Å². The van der Waals surface area contributed by atoms with Gasteiger partial charge in [-0.2, -0.15) is 0 Å². The van der Waals surface area contributed by atoms with Gasteiger partial charge in [-0.3, -0.25) is 9.59 Å². The molecule has 19 heavy (non-hydrogen) atoms. The number of rotatable bonds is 8. The monoisotopic (exact) mass is 272 g/mol. The number of nitrogens with one attached hydrogen (secondary N) is 2. The quantitative estimate of drug-likeness (QED) is 0.618. The molecule has 0 aromatic carbocycles. The van der Waals surface area contributed by atoms with Crippen LogP contribution in [-0.2, 0) is 9.59 Å². The minimum absolute atomic E-state index is 0.00711. The summed E-state index contributed by atoms with van der Waals surface area (Å²) < 4.78 is 0. The normalized spacial score (nSPS) is 15.7. The fourth-order valence-corrected chi connectivity index (χ4v) is 1.82. The van der Waals surface area contributed by atoms with Gasteiger partial charge in [-0.1, -0.05) is 13.8 Å².